The van der Waals surface area contributed by atoms with Crippen LogP contribution >= 0.6 is 0 Å². The Labute approximate surface area is 93.1 Å². The molecule has 0 saturated heterocycles. The number of carboxylic acids is 1. The molecule has 3 atom stereocenters. The topological polar surface area (TPSA) is 37.3 Å². The Bertz CT molecular complexity index is 211. The molecule has 0 heterocycles. The Morgan fingerprint density at radius 3 is 2.13 bits per heavy atom. The summed E-state index contributed by atoms with van der Waals surface area (Å²) in [6.45, 7) is 6.43. The van der Waals surface area contributed by atoms with Crippen LogP contribution in [0.2, 0.25) is 0 Å². The van der Waals surface area contributed by atoms with Gasteiger partial charge in [-0.3, -0.25) is 4.79 Å². The molecule has 0 spiro atoms. The van der Waals surface area contributed by atoms with E-state index < -0.39 is 5.97 Å². The number of hydrogen-bond donors (Lipinski definition) is 1. The van der Waals surface area contributed by atoms with Crippen molar-refractivity contribution in [2.45, 2.75) is 52.9 Å². The van der Waals surface area contributed by atoms with Gasteiger partial charge in [-0.2, -0.15) is 0 Å². The lowest BCUT2D eigenvalue weighted by molar-refractivity contribution is -0.143. The van der Waals surface area contributed by atoms with Gasteiger partial charge < -0.3 is 5.11 Å². The van der Waals surface area contributed by atoms with Crippen molar-refractivity contribution >= 4 is 5.97 Å². The van der Waals surface area contributed by atoms with E-state index in [0.29, 0.717) is 5.92 Å². The predicted octanol–water partition coefficient (Wildman–Crippen LogP) is 3.56. The first kappa shape index (κ1) is 12.5. The number of rotatable bonds is 3. The molecule has 2 heteroatoms. The van der Waals surface area contributed by atoms with Gasteiger partial charge in [0.05, 0.1) is 5.92 Å². The molecule has 1 aliphatic carbocycles. The Balaban J connectivity index is 2.49. The van der Waals surface area contributed by atoms with Crippen molar-refractivity contribution in [3.8, 4) is 0 Å². The molecule has 3 unspecified atom stereocenters. The molecule has 1 fully saturated rings. The minimum absolute atomic E-state index is 0.157. The van der Waals surface area contributed by atoms with E-state index in [0.717, 1.165) is 24.7 Å². The van der Waals surface area contributed by atoms with Crippen LogP contribution in [0, 0.1) is 23.7 Å². The second-order valence-electron chi connectivity index (χ2n) is 5.40. The van der Waals surface area contributed by atoms with Crippen molar-refractivity contribution in [3.63, 3.8) is 0 Å². The number of carboxylic acid groups (broad SMARTS) is 1. The van der Waals surface area contributed by atoms with Gasteiger partial charge in [-0.05, 0) is 37.0 Å². The van der Waals surface area contributed by atoms with Gasteiger partial charge >= 0.3 is 5.97 Å². The summed E-state index contributed by atoms with van der Waals surface area (Å²) in [7, 11) is 0. The van der Waals surface area contributed by atoms with Crippen LogP contribution in [0.5, 0.6) is 0 Å². The fourth-order valence-corrected chi connectivity index (χ4v) is 2.73. The lowest BCUT2D eigenvalue weighted by atomic mass is 9.85. The summed E-state index contributed by atoms with van der Waals surface area (Å²) in [6.07, 6.45) is 5.94. The Morgan fingerprint density at radius 1 is 1.07 bits per heavy atom. The van der Waals surface area contributed by atoms with E-state index in [-0.39, 0.29) is 5.92 Å². The lowest BCUT2D eigenvalue weighted by Crippen LogP contribution is -2.20. The summed E-state index contributed by atoms with van der Waals surface area (Å²) in [5, 5.41) is 9.00. The molecule has 0 aromatic heterocycles. The number of carbonyl (C=O) groups is 1. The third-order valence-electron chi connectivity index (χ3n) is 4.10. The van der Waals surface area contributed by atoms with Crippen LogP contribution in [-0.4, -0.2) is 11.1 Å². The quantitative estimate of drug-likeness (QED) is 0.726. The normalized spacial score (nSPS) is 29.9. The average molecular weight is 212 g/mol. The minimum atomic E-state index is -0.622. The van der Waals surface area contributed by atoms with Gasteiger partial charge in [0.25, 0.3) is 0 Å². The van der Waals surface area contributed by atoms with Crippen molar-refractivity contribution in [2.24, 2.45) is 23.7 Å². The molecule has 0 amide bonds. The first-order valence-corrected chi connectivity index (χ1v) is 6.25. The highest BCUT2D eigenvalue weighted by Crippen LogP contribution is 2.34. The molecule has 15 heavy (non-hydrogen) atoms. The summed E-state index contributed by atoms with van der Waals surface area (Å²) in [5.74, 6) is 1.20. The fraction of sp³-hybridized carbons (Fsp3) is 0.923. The van der Waals surface area contributed by atoms with Crippen LogP contribution in [0.15, 0.2) is 0 Å². The molecule has 1 saturated carbocycles. The number of hydrogen-bond acceptors (Lipinski definition) is 1. The van der Waals surface area contributed by atoms with Crippen LogP contribution in [0.1, 0.15) is 52.9 Å². The van der Waals surface area contributed by atoms with E-state index in [4.69, 9.17) is 5.11 Å². The van der Waals surface area contributed by atoms with Gasteiger partial charge in [0, 0.05) is 0 Å². The average Bonchev–Trinajstić information content (AvgIpc) is 2.41. The summed E-state index contributed by atoms with van der Waals surface area (Å²) >= 11 is 0. The highest BCUT2D eigenvalue weighted by molar-refractivity contribution is 5.69. The monoisotopic (exact) mass is 212 g/mol. The maximum Gasteiger partial charge on any atom is 0.306 e. The van der Waals surface area contributed by atoms with Crippen LogP contribution < -0.4 is 0 Å². The maximum atomic E-state index is 10.9. The molecule has 0 bridgehead atoms. The molecule has 1 aliphatic rings. The van der Waals surface area contributed by atoms with Crippen molar-refractivity contribution in [3.05, 3.63) is 0 Å². The van der Waals surface area contributed by atoms with Crippen LogP contribution in [0.3, 0.4) is 0 Å². The standard InChI is InChI=1S/C13H24O2/c1-9(2)11-5-4-6-12(8-7-11)10(3)13(14)15/h9-12H,4-8H2,1-3H3,(H,14,15). The van der Waals surface area contributed by atoms with Crippen molar-refractivity contribution in [1.29, 1.82) is 0 Å². The van der Waals surface area contributed by atoms with E-state index >= 15 is 0 Å². The zero-order valence-corrected chi connectivity index (χ0v) is 10.2. The molecule has 0 aromatic rings. The smallest absolute Gasteiger partial charge is 0.306 e. The molecule has 2 nitrogen and oxygen atoms in total. The van der Waals surface area contributed by atoms with Crippen molar-refractivity contribution in [1.82, 2.24) is 0 Å². The first-order chi connectivity index (χ1) is 7.02. The number of aliphatic carboxylic acids is 1. The van der Waals surface area contributed by atoms with E-state index in [9.17, 15) is 4.79 Å². The fourth-order valence-electron chi connectivity index (χ4n) is 2.73. The Hall–Kier alpha value is -0.530. The molecule has 0 aromatic carbocycles. The van der Waals surface area contributed by atoms with Gasteiger partial charge in [0.1, 0.15) is 0 Å². The first-order valence-electron chi connectivity index (χ1n) is 6.25. The highest BCUT2D eigenvalue weighted by atomic mass is 16.4. The SMILES string of the molecule is CC(C)C1CCCC(C(C)C(=O)O)CC1. The highest BCUT2D eigenvalue weighted by Gasteiger charge is 2.27. The van der Waals surface area contributed by atoms with Gasteiger partial charge in [0.2, 0.25) is 0 Å². The van der Waals surface area contributed by atoms with E-state index in [1.807, 2.05) is 6.92 Å². The molecular formula is C13H24O2. The maximum absolute atomic E-state index is 10.9. The molecule has 88 valence electrons. The summed E-state index contributed by atoms with van der Waals surface area (Å²) in [4.78, 5) is 10.9. The largest absolute Gasteiger partial charge is 0.481 e. The van der Waals surface area contributed by atoms with Crippen LogP contribution in [0.4, 0.5) is 0 Å². The third kappa shape index (κ3) is 3.51. The predicted molar refractivity (Wildman–Crippen MR) is 61.7 cm³/mol. The second kappa shape index (κ2) is 5.53. The van der Waals surface area contributed by atoms with Crippen molar-refractivity contribution < 1.29 is 9.90 Å². The Morgan fingerprint density at radius 2 is 1.60 bits per heavy atom. The minimum Gasteiger partial charge on any atom is -0.481 e. The molecule has 0 radical (unpaired) electrons. The van der Waals surface area contributed by atoms with Gasteiger partial charge in [0.15, 0.2) is 0 Å². The molecule has 1 N–H and O–H groups in total. The summed E-state index contributed by atoms with van der Waals surface area (Å²) in [6, 6.07) is 0. The zero-order valence-electron chi connectivity index (χ0n) is 10.2. The van der Waals surface area contributed by atoms with Crippen molar-refractivity contribution in [2.75, 3.05) is 0 Å². The molecule has 0 aliphatic heterocycles. The second-order valence-corrected chi connectivity index (χ2v) is 5.40. The van der Waals surface area contributed by atoms with Gasteiger partial charge in [-0.25, -0.2) is 0 Å². The van der Waals surface area contributed by atoms with E-state index in [1.54, 1.807) is 0 Å². The third-order valence-corrected chi connectivity index (χ3v) is 4.10. The summed E-state index contributed by atoms with van der Waals surface area (Å²) < 4.78 is 0. The lowest BCUT2D eigenvalue weighted by Gasteiger charge is -2.20. The molecule has 1 rings (SSSR count). The van der Waals surface area contributed by atoms with Gasteiger partial charge in [-0.15, -0.1) is 0 Å². The van der Waals surface area contributed by atoms with Crippen LogP contribution in [0.25, 0.3) is 0 Å². The van der Waals surface area contributed by atoms with E-state index in [1.165, 1.54) is 19.3 Å². The molecular weight excluding hydrogens is 188 g/mol. The van der Waals surface area contributed by atoms with E-state index in [2.05, 4.69) is 13.8 Å². The van der Waals surface area contributed by atoms with Crippen LogP contribution in [-0.2, 0) is 4.79 Å². The zero-order chi connectivity index (χ0) is 11.4. The Kier molecular flexibility index (Phi) is 4.62. The summed E-state index contributed by atoms with van der Waals surface area (Å²) in [5.41, 5.74) is 0. The van der Waals surface area contributed by atoms with Gasteiger partial charge in [-0.1, -0.05) is 33.6 Å².